The summed E-state index contributed by atoms with van der Waals surface area (Å²) in [6.07, 6.45) is 0.398. The zero-order valence-corrected chi connectivity index (χ0v) is 11.3. The van der Waals surface area contributed by atoms with E-state index in [1.54, 1.807) is 11.3 Å². The van der Waals surface area contributed by atoms with Gasteiger partial charge in [-0.1, -0.05) is 0 Å². The summed E-state index contributed by atoms with van der Waals surface area (Å²) in [5, 5.41) is 6.79. The van der Waals surface area contributed by atoms with E-state index in [1.807, 2.05) is 41.1 Å². The van der Waals surface area contributed by atoms with Crippen LogP contribution in [0, 0.1) is 0 Å². The summed E-state index contributed by atoms with van der Waals surface area (Å²) in [5.41, 5.74) is 7.15. The third kappa shape index (κ3) is 4.39. The second-order valence-electron chi connectivity index (χ2n) is 4.02. The molecule has 0 spiro atoms. The van der Waals surface area contributed by atoms with Gasteiger partial charge in [0.2, 0.25) is 5.91 Å². The van der Waals surface area contributed by atoms with Crippen LogP contribution in [0.25, 0.3) is 0 Å². The van der Waals surface area contributed by atoms with E-state index in [9.17, 15) is 4.79 Å². The molecule has 1 aromatic carbocycles. The molecule has 0 aliphatic heterocycles. The molecule has 1 heterocycles. The van der Waals surface area contributed by atoms with Gasteiger partial charge in [0.1, 0.15) is 12.4 Å². The molecule has 0 aliphatic rings. The number of nitrogens with one attached hydrogen (secondary N) is 1. The Kier molecular flexibility index (Phi) is 4.94. The summed E-state index contributed by atoms with van der Waals surface area (Å²) in [5.74, 6) is 0.732. The number of nitrogens with two attached hydrogens (primary N) is 1. The molecule has 0 saturated heterocycles. The number of thiophene rings is 1. The Bertz CT molecular complexity index is 509. The Morgan fingerprint density at radius 2 is 2.05 bits per heavy atom. The number of carbonyl (C=O) groups excluding carboxylic acids is 1. The third-order valence-corrected chi connectivity index (χ3v) is 3.20. The van der Waals surface area contributed by atoms with Gasteiger partial charge in [-0.3, -0.25) is 4.79 Å². The van der Waals surface area contributed by atoms with Crippen molar-refractivity contribution in [1.82, 2.24) is 0 Å². The number of amides is 1. The molecule has 1 amide bonds. The highest BCUT2D eigenvalue weighted by Crippen LogP contribution is 2.16. The number of benzene rings is 1. The van der Waals surface area contributed by atoms with Crippen molar-refractivity contribution in [3.05, 3.63) is 46.7 Å². The number of rotatable bonds is 6. The molecule has 3 N–H and O–H groups in total. The van der Waals surface area contributed by atoms with Crippen LogP contribution in [0.2, 0.25) is 0 Å². The quantitative estimate of drug-likeness (QED) is 0.850. The monoisotopic (exact) mass is 276 g/mol. The van der Waals surface area contributed by atoms with Crippen molar-refractivity contribution in [3.8, 4) is 5.75 Å². The molecule has 0 bridgehead atoms. The Labute approximate surface area is 116 Å². The highest BCUT2D eigenvalue weighted by Gasteiger charge is 2.04. The first-order valence-electron chi connectivity index (χ1n) is 6.02. The highest BCUT2D eigenvalue weighted by atomic mass is 32.1. The largest absolute Gasteiger partial charge is 0.492 e. The first kappa shape index (κ1) is 13.6. The minimum atomic E-state index is -0.0194. The van der Waals surface area contributed by atoms with Crippen molar-refractivity contribution in [2.75, 3.05) is 18.5 Å². The predicted octanol–water partition coefficient (Wildman–Crippen LogP) is 2.27. The van der Waals surface area contributed by atoms with Crippen LogP contribution >= 0.6 is 11.3 Å². The van der Waals surface area contributed by atoms with Gasteiger partial charge in [0.05, 0.1) is 6.42 Å². The second kappa shape index (κ2) is 6.92. The van der Waals surface area contributed by atoms with Gasteiger partial charge in [0, 0.05) is 12.2 Å². The molecule has 100 valence electrons. The number of anilines is 1. The third-order valence-electron chi connectivity index (χ3n) is 2.47. The number of carbonyl (C=O) groups is 1. The summed E-state index contributed by atoms with van der Waals surface area (Å²) in [7, 11) is 0. The standard InChI is InChI=1S/C14H16N2O2S/c15-6-7-18-13-3-1-12(2-4-13)16-14(17)9-11-5-8-19-10-11/h1-5,8,10H,6-7,9,15H2,(H,16,17). The van der Waals surface area contributed by atoms with E-state index in [0.717, 1.165) is 17.0 Å². The fourth-order valence-electron chi connectivity index (χ4n) is 1.60. The first-order chi connectivity index (χ1) is 9.28. The molecule has 2 aromatic rings. The van der Waals surface area contributed by atoms with E-state index in [0.29, 0.717) is 19.6 Å². The number of ether oxygens (including phenoxy) is 1. The lowest BCUT2D eigenvalue weighted by Gasteiger charge is -2.07. The van der Waals surface area contributed by atoms with Crippen molar-refractivity contribution in [3.63, 3.8) is 0 Å². The van der Waals surface area contributed by atoms with E-state index in [-0.39, 0.29) is 5.91 Å². The lowest BCUT2D eigenvalue weighted by molar-refractivity contribution is -0.115. The number of hydrogen-bond acceptors (Lipinski definition) is 4. The normalized spacial score (nSPS) is 10.2. The summed E-state index contributed by atoms with van der Waals surface area (Å²) in [6.45, 7) is 0.975. The van der Waals surface area contributed by atoms with Crippen LogP contribution in [0.3, 0.4) is 0 Å². The van der Waals surface area contributed by atoms with Crippen LogP contribution in [0.5, 0.6) is 5.75 Å². The molecule has 19 heavy (non-hydrogen) atoms. The average molecular weight is 276 g/mol. The minimum Gasteiger partial charge on any atom is -0.492 e. The van der Waals surface area contributed by atoms with Crippen molar-refractivity contribution < 1.29 is 9.53 Å². The zero-order valence-electron chi connectivity index (χ0n) is 10.5. The van der Waals surface area contributed by atoms with Crippen LogP contribution in [-0.2, 0) is 11.2 Å². The molecular formula is C14H16N2O2S. The maximum Gasteiger partial charge on any atom is 0.228 e. The Balaban J connectivity index is 1.86. The predicted molar refractivity (Wildman–Crippen MR) is 77.6 cm³/mol. The van der Waals surface area contributed by atoms with E-state index in [2.05, 4.69) is 5.32 Å². The molecule has 0 radical (unpaired) electrons. The minimum absolute atomic E-state index is 0.0194. The van der Waals surface area contributed by atoms with Crippen LogP contribution in [-0.4, -0.2) is 19.1 Å². The Morgan fingerprint density at radius 1 is 1.26 bits per heavy atom. The molecule has 0 atom stereocenters. The lowest BCUT2D eigenvalue weighted by atomic mass is 10.2. The van der Waals surface area contributed by atoms with Crippen LogP contribution in [0.1, 0.15) is 5.56 Å². The zero-order chi connectivity index (χ0) is 13.5. The van der Waals surface area contributed by atoms with Crippen molar-refractivity contribution >= 4 is 22.9 Å². The maximum absolute atomic E-state index is 11.8. The summed E-state index contributed by atoms with van der Waals surface area (Å²) >= 11 is 1.59. The molecule has 0 fully saturated rings. The second-order valence-corrected chi connectivity index (χ2v) is 4.80. The van der Waals surface area contributed by atoms with Gasteiger partial charge in [-0.15, -0.1) is 0 Å². The van der Waals surface area contributed by atoms with E-state index >= 15 is 0 Å². The molecule has 0 saturated carbocycles. The van der Waals surface area contributed by atoms with Gasteiger partial charge in [-0.2, -0.15) is 11.3 Å². The summed E-state index contributed by atoms with van der Waals surface area (Å²) in [6, 6.07) is 9.22. The first-order valence-corrected chi connectivity index (χ1v) is 6.96. The molecule has 2 rings (SSSR count). The van der Waals surface area contributed by atoms with Crippen molar-refractivity contribution in [1.29, 1.82) is 0 Å². The van der Waals surface area contributed by atoms with Gasteiger partial charge in [0.25, 0.3) is 0 Å². The topological polar surface area (TPSA) is 64.3 Å². The fraction of sp³-hybridized carbons (Fsp3) is 0.214. The van der Waals surface area contributed by atoms with Gasteiger partial charge in [0.15, 0.2) is 0 Å². The molecule has 4 nitrogen and oxygen atoms in total. The smallest absolute Gasteiger partial charge is 0.228 e. The lowest BCUT2D eigenvalue weighted by Crippen LogP contribution is -2.14. The number of hydrogen-bond donors (Lipinski definition) is 2. The van der Waals surface area contributed by atoms with E-state index in [4.69, 9.17) is 10.5 Å². The van der Waals surface area contributed by atoms with Crippen LogP contribution in [0.4, 0.5) is 5.69 Å². The van der Waals surface area contributed by atoms with Crippen LogP contribution in [0.15, 0.2) is 41.1 Å². The summed E-state index contributed by atoms with van der Waals surface area (Å²) < 4.78 is 5.36. The highest BCUT2D eigenvalue weighted by molar-refractivity contribution is 7.08. The summed E-state index contributed by atoms with van der Waals surface area (Å²) in [4.78, 5) is 11.8. The Hall–Kier alpha value is -1.85. The van der Waals surface area contributed by atoms with Gasteiger partial charge in [-0.05, 0) is 46.7 Å². The Morgan fingerprint density at radius 3 is 2.68 bits per heavy atom. The maximum atomic E-state index is 11.8. The molecule has 1 aromatic heterocycles. The van der Waals surface area contributed by atoms with Gasteiger partial charge in [-0.25, -0.2) is 0 Å². The van der Waals surface area contributed by atoms with E-state index < -0.39 is 0 Å². The molecule has 0 aliphatic carbocycles. The van der Waals surface area contributed by atoms with Crippen molar-refractivity contribution in [2.24, 2.45) is 5.73 Å². The van der Waals surface area contributed by atoms with E-state index in [1.165, 1.54) is 0 Å². The molecular weight excluding hydrogens is 260 g/mol. The van der Waals surface area contributed by atoms with Crippen LogP contribution < -0.4 is 15.8 Å². The fourth-order valence-corrected chi connectivity index (χ4v) is 2.26. The van der Waals surface area contributed by atoms with Gasteiger partial charge >= 0.3 is 0 Å². The SMILES string of the molecule is NCCOc1ccc(NC(=O)Cc2ccsc2)cc1. The average Bonchev–Trinajstić information content (AvgIpc) is 2.90. The molecule has 5 heteroatoms. The molecule has 0 unspecified atom stereocenters. The van der Waals surface area contributed by atoms with Gasteiger partial charge < -0.3 is 15.8 Å². The van der Waals surface area contributed by atoms with Crippen molar-refractivity contribution in [2.45, 2.75) is 6.42 Å².